The standard InChI is InChI=1S/C16H19NO3S/c1-2-19-11-5-6-14-13(8-11)16(18)15(21-14)10-17-9-12-4-3-7-20-12/h5-6,8,10,12,18H,2-4,7,9H2,1H3. The van der Waals surface area contributed by atoms with Crippen LogP contribution in [0.5, 0.6) is 11.5 Å². The highest BCUT2D eigenvalue weighted by molar-refractivity contribution is 7.21. The second kappa shape index (κ2) is 6.45. The topological polar surface area (TPSA) is 51.0 Å². The van der Waals surface area contributed by atoms with Crippen molar-refractivity contribution >= 4 is 27.6 Å². The van der Waals surface area contributed by atoms with E-state index in [0.29, 0.717) is 13.2 Å². The molecule has 5 heteroatoms. The average Bonchev–Trinajstić information content (AvgIpc) is 3.10. The second-order valence-electron chi connectivity index (χ2n) is 5.04. The van der Waals surface area contributed by atoms with E-state index in [9.17, 15) is 5.11 Å². The molecule has 0 spiro atoms. The Bertz CT molecular complexity index is 644. The van der Waals surface area contributed by atoms with Crippen molar-refractivity contribution in [2.75, 3.05) is 19.8 Å². The van der Waals surface area contributed by atoms with Crippen molar-refractivity contribution < 1.29 is 14.6 Å². The molecule has 3 rings (SSSR count). The Morgan fingerprint density at radius 3 is 3.19 bits per heavy atom. The summed E-state index contributed by atoms with van der Waals surface area (Å²) in [4.78, 5) is 5.20. The largest absolute Gasteiger partial charge is 0.506 e. The van der Waals surface area contributed by atoms with Crippen LogP contribution in [0.4, 0.5) is 0 Å². The van der Waals surface area contributed by atoms with Crippen molar-refractivity contribution in [1.82, 2.24) is 0 Å². The summed E-state index contributed by atoms with van der Waals surface area (Å²) in [6.07, 6.45) is 4.19. The molecule has 0 amide bonds. The molecular formula is C16H19NO3S. The molecule has 1 aliphatic rings. The van der Waals surface area contributed by atoms with E-state index in [4.69, 9.17) is 9.47 Å². The predicted molar refractivity (Wildman–Crippen MR) is 86.1 cm³/mol. The summed E-state index contributed by atoms with van der Waals surface area (Å²) < 4.78 is 12.0. The summed E-state index contributed by atoms with van der Waals surface area (Å²) in [5, 5.41) is 11.1. The maximum atomic E-state index is 10.3. The lowest BCUT2D eigenvalue weighted by Crippen LogP contribution is -2.08. The summed E-state index contributed by atoms with van der Waals surface area (Å²) >= 11 is 1.54. The minimum absolute atomic E-state index is 0.238. The van der Waals surface area contributed by atoms with Gasteiger partial charge in [-0.3, -0.25) is 4.99 Å². The van der Waals surface area contributed by atoms with Gasteiger partial charge in [0.05, 0.1) is 24.1 Å². The first kappa shape index (κ1) is 14.4. The highest BCUT2D eigenvalue weighted by Crippen LogP contribution is 2.37. The maximum absolute atomic E-state index is 10.3. The van der Waals surface area contributed by atoms with Crippen LogP contribution in [-0.4, -0.2) is 37.2 Å². The highest BCUT2D eigenvalue weighted by Gasteiger charge is 2.15. The zero-order valence-electron chi connectivity index (χ0n) is 12.0. The smallest absolute Gasteiger partial charge is 0.143 e. The molecule has 1 N–H and O–H groups in total. The molecule has 1 fully saturated rings. The van der Waals surface area contributed by atoms with Crippen LogP contribution in [0.25, 0.3) is 10.1 Å². The van der Waals surface area contributed by atoms with Gasteiger partial charge in [0.1, 0.15) is 11.5 Å². The van der Waals surface area contributed by atoms with Gasteiger partial charge in [-0.1, -0.05) is 0 Å². The molecule has 4 nitrogen and oxygen atoms in total. The van der Waals surface area contributed by atoms with Crippen molar-refractivity contribution in [1.29, 1.82) is 0 Å². The van der Waals surface area contributed by atoms with E-state index in [1.54, 1.807) is 6.21 Å². The molecule has 1 aliphatic heterocycles. The number of hydrogen-bond acceptors (Lipinski definition) is 5. The summed E-state index contributed by atoms with van der Waals surface area (Å²) in [5.74, 6) is 1.06. The molecule has 1 aromatic carbocycles. The molecule has 0 aliphatic carbocycles. The van der Waals surface area contributed by atoms with Crippen molar-refractivity contribution in [3.63, 3.8) is 0 Å². The zero-order chi connectivity index (χ0) is 14.7. The van der Waals surface area contributed by atoms with E-state index < -0.39 is 0 Å². The number of ether oxygens (including phenoxy) is 2. The maximum Gasteiger partial charge on any atom is 0.143 e. The number of nitrogens with zero attached hydrogens (tertiary/aromatic N) is 1. The quantitative estimate of drug-likeness (QED) is 0.859. The summed E-state index contributed by atoms with van der Waals surface area (Å²) in [5.41, 5.74) is 0. The van der Waals surface area contributed by atoms with Gasteiger partial charge in [0.15, 0.2) is 0 Å². The summed E-state index contributed by atoms with van der Waals surface area (Å²) in [6.45, 7) is 4.07. The number of thiophene rings is 1. The van der Waals surface area contributed by atoms with Crippen LogP contribution < -0.4 is 4.74 Å². The Labute approximate surface area is 128 Å². The third-order valence-electron chi connectivity index (χ3n) is 3.51. The van der Waals surface area contributed by atoms with E-state index in [1.165, 1.54) is 11.3 Å². The molecule has 112 valence electrons. The number of rotatable bonds is 5. The van der Waals surface area contributed by atoms with Crippen LogP contribution >= 0.6 is 11.3 Å². The normalized spacial score (nSPS) is 18.8. The first-order valence-electron chi connectivity index (χ1n) is 7.27. The minimum Gasteiger partial charge on any atom is -0.506 e. The molecule has 21 heavy (non-hydrogen) atoms. The van der Waals surface area contributed by atoms with Gasteiger partial charge < -0.3 is 14.6 Å². The van der Waals surface area contributed by atoms with Crippen LogP contribution in [-0.2, 0) is 4.74 Å². The summed E-state index contributed by atoms with van der Waals surface area (Å²) in [7, 11) is 0. The van der Waals surface area contributed by atoms with Crippen LogP contribution in [0.2, 0.25) is 0 Å². The molecule has 1 unspecified atom stereocenters. The Morgan fingerprint density at radius 1 is 1.52 bits per heavy atom. The van der Waals surface area contributed by atoms with Gasteiger partial charge >= 0.3 is 0 Å². The van der Waals surface area contributed by atoms with Crippen molar-refractivity contribution in [2.45, 2.75) is 25.9 Å². The minimum atomic E-state index is 0.238. The zero-order valence-corrected chi connectivity index (χ0v) is 12.9. The van der Waals surface area contributed by atoms with Gasteiger partial charge in [0, 0.05) is 22.9 Å². The van der Waals surface area contributed by atoms with Gasteiger partial charge in [-0.2, -0.15) is 0 Å². The molecule has 1 saturated heterocycles. The second-order valence-corrected chi connectivity index (χ2v) is 6.12. The Morgan fingerprint density at radius 2 is 2.43 bits per heavy atom. The molecule has 2 aromatic rings. The first-order chi connectivity index (χ1) is 10.3. The molecule has 0 saturated carbocycles. The number of fused-ring (bicyclic) bond motifs is 1. The van der Waals surface area contributed by atoms with E-state index in [-0.39, 0.29) is 11.9 Å². The fraction of sp³-hybridized carbons (Fsp3) is 0.438. The van der Waals surface area contributed by atoms with Crippen LogP contribution in [0, 0.1) is 0 Å². The van der Waals surface area contributed by atoms with Crippen molar-refractivity contribution in [3.05, 3.63) is 23.1 Å². The molecule has 0 radical (unpaired) electrons. The highest BCUT2D eigenvalue weighted by atomic mass is 32.1. The molecule has 2 heterocycles. The van der Waals surface area contributed by atoms with Crippen LogP contribution in [0.3, 0.4) is 0 Å². The fourth-order valence-electron chi connectivity index (χ4n) is 2.47. The van der Waals surface area contributed by atoms with E-state index in [1.807, 2.05) is 25.1 Å². The predicted octanol–water partition coefficient (Wildman–Crippen LogP) is 3.60. The fourth-order valence-corrected chi connectivity index (χ4v) is 3.44. The molecular weight excluding hydrogens is 286 g/mol. The first-order valence-corrected chi connectivity index (χ1v) is 8.09. The summed E-state index contributed by atoms with van der Waals surface area (Å²) in [6, 6.07) is 5.78. The average molecular weight is 305 g/mol. The van der Waals surface area contributed by atoms with Gasteiger partial charge in [0.2, 0.25) is 0 Å². The van der Waals surface area contributed by atoms with Crippen LogP contribution in [0.15, 0.2) is 23.2 Å². The molecule has 1 aromatic heterocycles. The van der Waals surface area contributed by atoms with E-state index >= 15 is 0 Å². The number of benzene rings is 1. The Hall–Kier alpha value is -1.59. The molecule has 0 bridgehead atoms. The van der Waals surface area contributed by atoms with E-state index in [2.05, 4.69) is 4.99 Å². The lowest BCUT2D eigenvalue weighted by molar-refractivity contribution is 0.118. The Balaban J connectivity index is 1.78. The Kier molecular flexibility index (Phi) is 4.41. The van der Waals surface area contributed by atoms with Gasteiger partial charge in [0.25, 0.3) is 0 Å². The van der Waals surface area contributed by atoms with Crippen molar-refractivity contribution in [3.8, 4) is 11.5 Å². The number of aliphatic imine (C=N–C) groups is 1. The van der Waals surface area contributed by atoms with Crippen LogP contribution in [0.1, 0.15) is 24.6 Å². The number of aromatic hydroxyl groups is 1. The van der Waals surface area contributed by atoms with Gasteiger partial charge in [-0.15, -0.1) is 11.3 Å². The monoisotopic (exact) mass is 305 g/mol. The van der Waals surface area contributed by atoms with Gasteiger partial charge in [-0.05, 0) is 38.0 Å². The molecule has 1 atom stereocenters. The lowest BCUT2D eigenvalue weighted by atomic mass is 10.2. The lowest BCUT2D eigenvalue weighted by Gasteiger charge is -2.03. The third-order valence-corrected chi connectivity index (χ3v) is 4.61. The van der Waals surface area contributed by atoms with Gasteiger partial charge in [-0.25, -0.2) is 0 Å². The number of hydrogen-bond donors (Lipinski definition) is 1. The van der Waals surface area contributed by atoms with E-state index in [0.717, 1.165) is 40.2 Å². The van der Waals surface area contributed by atoms with Crippen molar-refractivity contribution in [2.24, 2.45) is 4.99 Å². The third kappa shape index (κ3) is 3.19. The SMILES string of the molecule is CCOc1ccc2sc(C=NCC3CCCO3)c(O)c2c1.